The molecule has 0 fully saturated rings. The number of nitrogens with one attached hydrogen (secondary N) is 2. The van der Waals surface area contributed by atoms with Crippen LogP contribution in [0.4, 0.5) is 21.7 Å². The molecule has 8 heteroatoms. The predicted molar refractivity (Wildman–Crippen MR) is 109 cm³/mol. The number of H-pyrrole nitrogens is 1. The molecule has 0 amide bonds. The van der Waals surface area contributed by atoms with Crippen molar-refractivity contribution in [1.29, 1.82) is 0 Å². The molecule has 2 heterocycles. The number of benzene rings is 2. The van der Waals surface area contributed by atoms with E-state index in [-0.39, 0.29) is 5.82 Å². The van der Waals surface area contributed by atoms with E-state index in [0.29, 0.717) is 35.0 Å². The molecule has 0 aliphatic heterocycles. The maximum atomic E-state index is 14.4. The van der Waals surface area contributed by atoms with E-state index in [4.69, 9.17) is 5.73 Å². The van der Waals surface area contributed by atoms with Gasteiger partial charge in [0.1, 0.15) is 18.0 Å². The molecule has 4 aromatic rings. The number of nitrogens with zero attached hydrogens (tertiary/aromatic N) is 4. The predicted octanol–water partition coefficient (Wildman–Crippen LogP) is 3.55. The highest BCUT2D eigenvalue weighted by Crippen LogP contribution is 2.26. The normalized spacial score (nSPS) is 11.3. The van der Waals surface area contributed by atoms with E-state index >= 15 is 0 Å². The van der Waals surface area contributed by atoms with Crippen LogP contribution in [-0.2, 0) is 6.54 Å². The smallest absolute Gasteiger partial charge is 0.153 e. The first kappa shape index (κ1) is 17.9. The van der Waals surface area contributed by atoms with Crippen molar-refractivity contribution in [3.63, 3.8) is 0 Å². The Morgan fingerprint density at radius 3 is 2.75 bits per heavy atom. The molecule has 0 bridgehead atoms. The van der Waals surface area contributed by atoms with Gasteiger partial charge >= 0.3 is 0 Å². The molecule has 0 unspecified atom stereocenters. The first-order valence-corrected chi connectivity index (χ1v) is 8.76. The number of hydrogen-bond acceptors (Lipinski definition) is 6. The van der Waals surface area contributed by atoms with Crippen molar-refractivity contribution in [2.75, 3.05) is 25.1 Å². The van der Waals surface area contributed by atoms with Crippen molar-refractivity contribution < 1.29 is 4.39 Å². The Bertz CT molecular complexity index is 1140. The number of nitrogens with two attached hydrogens (primary N) is 1. The molecule has 0 saturated carbocycles. The van der Waals surface area contributed by atoms with E-state index in [1.54, 1.807) is 12.1 Å². The summed E-state index contributed by atoms with van der Waals surface area (Å²) in [6, 6.07) is 12.6. The van der Waals surface area contributed by atoms with Crippen molar-refractivity contribution in [1.82, 2.24) is 25.1 Å². The zero-order chi connectivity index (χ0) is 19.7. The number of aromatic amines is 1. The van der Waals surface area contributed by atoms with Gasteiger partial charge in [0, 0.05) is 34.8 Å². The minimum Gasteiger partial charge on any atom is -0.382 e. The Morgan fingerprint density at radius 2 is 1.96 bits per heavy atom. The molecule has 0 radical (unpaired) electrons. The topological polar surface area (TPSA) is 95.8 Å². The van der Waals surface area contributed by atoms with Crippen LogP contribution in [0.3, 0.4) is 0 Å². The summed E-state index contributed by atoms with van der Waals surface area (Å²) in [4.78, 5) is 10.5. The Balaban J connectivity index is 1.60. The Labute approximate surface area is 161 Å². The van der Waals surface area contributed by atoms with Crippen molar-refractivity contribution in [3.8, 4) is 11.3 Å². The summed E-state index contributed by atoms with van der Waals surface area (Å²) in [5, 5.41) is 10.9. The molecule has 0 aliphatic carbocycles. The van der Waals surface area contributed by atoms with Gasteiger partial charge in [-0.1, -0.05) is 12.1 Å². The van der Waals surface area contributed by atoms with Crippen molar-refractivity contribution >= 4 is 28.2 Å². The van der Waals surface area contributed by atoms with E-state index in [1.165, 1.54) is 12.4 Å². The van der Waals surface area contributed by atoms with Gasteiger partial charge in [-0.05, 0) is 38.4 Å². The molecular weight excluding hydrogens is 357 g/mol. The third-order valence-electron chi connectivity index (χ3n) is 4.37. The SMILES string of the molecule is CN(C)Cc1ccc(-c2cc(Nc3ccc4[nH]nc(N)c4c3)ncn2)cc1F. The van der Waals surface area contributed by atoms with E-state index in [9.17, 15) is 4.39 Å². The molecular formula is C20H20FN7. The molecule has 0 saturated heterocycles. The summed E-state index contributed by atoms with van der Waals surface area (Å²) >= 11 is 0. The summed E-state index contributed by atoms with van der Waals surface area (Å²) in [7, 11) is 3.81. The maximum Gasteiger partial charge on any atom is 0.153 e. The largest absolute Gasteiger partial charge is 0.382 e. The summed E-state index contributed by atoms with van der Waals surface area (Å²) in [5.41, 5.74) is 9.51. The Hall–Kier alpha value is -3.52. The standard InChI is InChI=1S/C20H20FN7/c1-28(2)10-13-4-3-12(7-16(13)21)18-9-19(24-11-23-18)25-14-5-6-17-15(8-14)20(22)27-26-17/h3-9,11H,10H2,1-2H3,(H3,22,26,27)(H,23,24,25). The highest BCUT2D eigenvalue weighted by Gasteiger charge is 2.09. The maximum absolute atomic E-state index is 14.4. The fourth-order valence-corrected chi connectivity index (χ4v) is 3.02. The van der Waals surface area contributed by atoms with E-state index in [0.717, 1.165) is 16.6 Å². The molecule has 28 heavy (non-hydrogen) atoms. The van der Waals surface area contributed by atoms with E-state index in [2.05, 4.69) is 25.5 Å². The molecule has 142 valence electrons. The third kappa shape index (κ3) is 3.63. The first-order valence-electron chi connectivity index (χ1n) is 8.76. The molecule has 7 nitrogen and oxygen atoms in total. The highest BCUT2D eigenvalue weighted by atomic mass is 19.1. The van der Waals surface area contributed by atoms with Gasteiger partial charge in [0.25, 0.3) is 0 Å². The van der Waals surface area contributed by atoms with Crippen LogP contribution in [0.5, 0.6) is 0 Å². The highest BCUT2D eigenvalue weighted by molar-refractivity contribution is 5.91. The number of rotatable bonds is 5. The summed E-state index contributed by atoms with van der Waals surface area (Å²) in [6.45, 7) is 0.544. The first-order chi connectivity index (χ1) is 13.5. The molecule has 0 spiro atoms. The van der Waals surface area contributed by atoms with Crippen molar-refractivity contribution in [2.45, 2.75) is 6.54 Å². The second-order valence-electron chi connectivity index (χ2n) is 6.83. The zero-order valence-electron chi connectivity index (χ0n) is 15.6. The average Bonchev–Trinajstić information content (AvgIpc) is 3.04. The number of fused-ring (bicyclic) bond motifs is 1. The van der Waals surface area contributed by atoms with E-state index in [1.807, 2.05) is 43.3 Å². The second kappa shape index (κ2) is 7.24. The summed E-state index contributed by atoms with van der Waals surface area (Å²) in [6.07, 6.45) is 1.45. The van der Waals surface area contributed by atoms with Gasteiger partial charge in [-0.15, -0.1) is 0 Å². The Kier molecular flexibility index (Phi) is 4.62. The van der Waals surface area contributed by atoms with Crippen LogP contribution in [-0.4, -0.2) is 39.2 Å². The lowest BCUT2D eigenvalue weighted by molar-refractivity contribution is 0.392. The number of nitrogen functional groups attached to an aromatic ring is 1. The monoisotopic (exact) mass is 377 g/mol. The molecule has 0 aliphatic rings. The molecule has 0 atom stereocenters. The molecule has 4 N–H and O–H groups in total. The minimum absolute atomic E-state index is 0.250. The summed E-state index contributed by atoms with van der Waals surface area (Å²) in [5.74, 6) is 0.791. The van der Waals surface area contributed by atoms with Crippen LogP contribution in [0.25, 0.3) is 22.2 Å². The fourth-order valence-electron chi connectivity index (χ4n) is 3.02. The third-order valence-corrected chi connectivity index (χ3v) is 4.37. The van der Waals surface area contributed by atoms with Crippen LogP contribution in [0.15, 0.2) is 48.8 Å². The van der Waals surface area contributed by atoms with Gasteiger partial charge in [0.05, 0.1) is 11.2 Å². The fraction of sp³-hybridized carbons (Fsp3) is 0.150. The lowest BCUT2D eigenvalue weighted by Crippen LogP contribution is -2.11. The quantitative estimate of drug-likeness (QED) is 0.492. The van der Waals surface area contributed by atoms with Crippen LogP contribution < -0.4 is 11.1 Å². The van der Waals surface area contributed by atoms with Gasteiger partial charge in [-0.3, -0.25) is 5.10 Å². The van der Waals surface area contributed by atoms with Crippen LogP contribution in [0.1, 0.15) is 5.56 Å². The lowest BCUT2D eigenvalue weighted by Gasteiger charge is -2.12. The van der Waals surface area contributed by atoms with Crippen molar-refractivity contribution in [2.24, 2.45) is 0 Å². The number of anilines is 3. The number of hydrogen-bond donors (Lipinski definition) is 3. The van der Waals surface area contributed by atoms with Crippen LogP contribution >= 0.6 is 0 Å². The zero-order valence-corrected chi connectivity index (χ0v) is 15.6. The van der Waals surface area contributed by atoms with Crippen LogP contribution in [0, 0.1) is 5.82 Å². The number of halogens is 1. The van der Waals surface area contributed by atoms with Gasteiger partial charge < -0.3 is 16.0 Å². The molecule has 4 rings (SSSR count). The number of aromatic nitrogens is 4. The minimum atomic E-state index is -0.250. The van der Waals surface area contributed by atoms with Crippen LogP contribution in [0.2, 0.25) is 0 Å². The average molecular weight is 377 g/mol. The Morgan fingerprint density at radius 1 is 1.11 bits per heavy atom. The van der Waals surface area contributed by atoms with E-state index < -0.39 is 0 Å². The lowest BCUT2D eigenvalue weighted by atomic mass is 10.1. The van der Waals surface area contributed by atoms with Crippen molar-refractivity contribution in [3.05, 3.63) is 60.2 Å². The van der Waals surface area contributed by atoms with Gasteiger partial charge in [0.2, 0.25) is 0 Å². The molecule has 2 aromatic carbocycles. The summed E-state index contributed by atoms with van der Waals surface area (Å²) < 4.78 is 14.4. The van der Waals surface area contributed by atoms with Gasteiger partial charge in [0.15, 0.2) is 5.82 Å². The van der Waals surface area contributed by atoms with Gasteiger partial charge in [-0.2, -0.15) is 5.10 Å². The second-order valence-corrected chi connectivity index (χ2v) is 6.83. The molecule has 2 aromatic heterocycles. The van der Waals surface area contributed by atoms with Gasteiger partial charge in [-0.25, -0.2) is 14.4 Å².